The molecular weight excluding hydrogens is 358 g/mol. The molecule has 0 aliphatic heterocycles. The van der Waals surface area contributed by atoms with Gasteiger partial charge in [-0.15, -0.1) is 0 Å². The monoisotopic (exact) mass is 381 g/mol. The SMILES string of the molecule is COc1ccc2oc(C(=O)O[C@H](C)C(=O)NCCc3ccccc3)c(C)c2c1. The van der Waals surface area contributed by atoms with Crippen LogP contribution in [0.25, 0.3) is 11.0 Å². The largest absolute Gasteiger partial charge is 0.497 e. The van der Waals surface area contributed by atoms with Crippen LogP contribution in [0.1, 0.15) is 28.6 Å². The Kier molecular flexibility index (Phi) is 5.99. The number of carbonyl (C=O) groups is 2. The molecule has 28 heavy (non-hydrogen) atoms. The average molecular weight is 381 g/mol. The Balaban J connectivity index is 1.59. The quantitative estimate of drug-likeness (QED) is 0.632. The second kappa shape index (κ2) is 8.61. The van der Waals surface area contributed by atoms with E-state index in [1.54, 1.807) is 32.2 Å². The van der Waals surface area contributed by atoms with Gasteiger partial charge in [0.2, 0.25) is 5.76 Å². The van der Waals surface area contributed by atoms with Crippen molar-refractivity contribution in [3.63, 3.8) is 0 Å². The molecule has 0 radical (unpaired) electrons. The van der Waals surface area contributed by atoms with Crippen molar-refractivity contribution in [2.45, 2.75) is 26.4 Å². The molecular formula is C22H23NO5. The maximum absolute atomic E-state index is 12.5. The smallest absolute Gasteiger partial charge is 0.375 e. The van der Waals surface area contributed by atoms with Gasteiger partial charge in [-0.1, -0.05) is 30.3 Å². The number of amides is 1. The Hall–Kier alpha value is -3.28. The summed E-state index contributed by atoms with van der Waals surface area (Å²) in [5, 5.41) is 3.55. The molecule has 6 heteroatoms. The zero-order valence-electron chi connectivity index (χ0n) is 16.2. The summed E-state index contributed by atoms with van der Waals surface area (Å²) in [6, 6.07) is 15.1. The number of methoxy groups -OCH3 is 1. The van der Waals surface area contributed by atoms with E-state index in [0.717, 1.165) is 10.9 Å². The van der Waals surface area contributed by atoms with Gasteiger partial charge in [-0.05, 0) is 44.0 Å². The predicted octanol–water partition coefficient (Wildman–Crippen LogP) is 3.65. The van der Waals surface area contributed by atoms with E-state index >= 15 is 0 Å². The summed E-state index contributed by atoms with van der Waals surface area (Å²) in [5.41, 5.74) is 2.33. The molecule has 146 valence electrons. The Bertz CT molecular complexity index is 977. The van der Waals surface area contributed by atoms with Crippen LogP contribution < -0.4 is 10.1 Å². The number of aryl methyl sites for hydroxylation is 1. The minimum atomic E-state index is -0.926. The molecule has 3 rings (SSSR count). The zero-order valence-corrected chi connectivity index (χ0v) is 16.2. The van der Waals surface area contributed by atoms with E-state index in [1.165, 1.54) is 6.92 Å². The van der Waals surface area contributed by atoms with E-state index in [1.807, 2.05) is 30.3 Å². The van der Waals surface area contributed by atoms with E-state index in [0.29, 0.717) is 29.9 Å². The lowest BCUT2D eigenvalue weighted by Crippen LogP contribution is -2.36. The highest BCUT2D eigenvalue weighted by Crippen LogP contribution is 2.29. The number of nitrogens with one attached hydrogen (secondary N) is 1. The highest BCUT2D eigenvalue weighted by molar-refractivity contribution is 5.97. The summed E-state index contributed by atoms with van der Waals surface area (Å²) in [4.78, 5) is 24.7. The number of fused-ring (bicyclic) bond motifs is 1. The third kappa shape index (κ3) is 4.34. The third-order valence-electron chi connectivity index (χ3n) is 4.54. The molecule has 0 fully saturated rings. The minimum absolute atomic E-state index is 0.0900. The molecule has 0 aliphatic carbocycles. The summed E-state index contributed by atoms with van der Waals surface area (Å²) in [7, 11) is 1.57. The van der Waals surface area contributed by atoms with Gasteiger partial charge in [0.05, 0.1) is 7.11 Å². The van der Waals surface area contributed by atoms with Crippen LogP contribution in [0.5, 0.6) is 5.75 Å². The second-order valence-electron chi connectivity index (χ2n) is 6.49. The molecule has 0 aliphatic rings. The van der Waals surface area contributed by atoms with E-state index < -0.39 is 12.1 Å². The first-order valence-corrected chi connectivity index (χ1v) is 9.09. The number of rotatable bonds is 7. The van der Waals surface area contributed by atoms with Crippen molar-refractivity contribution in [3.05, 3.63) is 65.4 Å². The Morgan fingerprint density at radius 2 is 1.89 bits per heavy atom. The lowest BCUT2D eigenvalue weighted by atomic mass is 10.1. The number of furan rings is 1. The lowest BCUT2D eigenvalue weighted by Gasteiger charge is -2.13. The van der Waals surface area contributed by atoms with Crippen molar-refractivity contribution in [1.82, 2.24) is 5.32 Å². The lowest BCUT2D eigenvalue weighted by molar-refractivity contribution is -0.129. The highest BCUT2D eigenvalue weighted by atomic mass is 16.6. The molecule has 2 aromatic carbocycles. The number of carbonyl (C=O) groups excluding carboxylic acids is 2. The van der Waals surface area contributed by atoms with Crippen LogP contribution in [-0.2, 0) is 16.0 Å². The molecule has 1 aromatic heterocycles. The predicted molar refractivity (Wildman–Crippen MR) is 106 cm³/mol. The number of hydrogen-bond acceptors (Lipinski definition) is 5. The van der Waals surface area contributed by atoms with Crippen molar-refractivity contribution >= 4 is 22.8 Å². The van der Waals surface area contributed by atoms with E-state index in [9.17, 15) is 9.59 Å². The fraction of sp³-hybridized carbons (Fsp3) is 0.273. The molecule has 3 aromatic rings. The van der Waals surface area contributed by atoms with Gasteiger partial charge in [-0.3, -0.25) is 4.79 Å². The maximum atomic E-state index is 12.5. The molecule has 0 saturated heterocycles. The van der Waals surface area contributed by atoms with Gasteiger partial charge >= 0.3 is 5.97 Å². The number of ether oxygens (including phenoxy) is 2. The Morgan fingerprint density at radius 1 is 1.14 bits per heavy atom. The fourth-order valence-electron chi connectivity index (χ4n) is 2.91. The second-order valence-corrected chi connectivity index (χ2v) is 6.49. The van der Waals surface area contributed by atoms with Gasteiger partial charge in [0, 0.05) is 17.5 Å². The van der Waals surface area contributed by atoms with Crippen LogP contribution in [0.3, 0.4) is 0 Å². The zero-order chi connectivity index (χ0) is 20.1. The number of esters is 1. The summed E-state index contributed by atoms with van der Waals surface area (Å²) in [6.45, 7) is 3.78. The molecule has 1 heterocycles. The standard InChI is InChI=1S/C22H23NO5/c1-14-18-13-17(26-3)9-10-19(18)28-20(14)22(25)27-15(2)21(24)23-12-11-16-7-5-4-6-8-16/h4-10,13,15H,11-12H2,1-3H3,(H,23,24)/t15-/m1/s1. The summed E-state index contributed by atoms with van der Waals surface area (Å²) in [6.07, 6.45) is -0.219. The summed E-state index contributed by atoms with van der Waals surface area (Å²) < 4.78 is 16.1. The Labute approximate surface area is 163 Å². The van der Waals surface area contributed by atoms with Crippen molar-refractivity contribution < 1.29 is 23.5 Å². The third-order valence-corrected chi connectivity index (χ3v) is 4.54. The van der Waals surface area contributed by atoms with Gasteiger partial charge in [0.1, 0.15) is 11.3 Å². The van der Waals surface area contributed by atoms with Gasteiger partial charge < -0.3 is 19.2 Å². The maximum Gasteiger partial charge on any atom is 0.375 e. The molecule has 1 N–H and O–H groups in total. The van der Waals surface area contributed by atoms with Crippen LogP contribution in [0.2, 0.25) is 0 Å². The molecule has 1 atom stereocenters. The summed E-state index contributed by atoms with van der Waals surface area (Å²) in [5.74, 6) is -0.257. The first-order valence-electron chi connectivity index (χ1n) is 9.09. The van der Waals surface area contributed by atoms with Gasteiger partial charge in [0.15, 0.2) is 6.10 Å². The van der Waals surface area contributed by atoms with Crippen LogP contribution in [0, 0.1) is 6.92 Å². The Morgan fingerprint density at radius 3 is 2.61 bits per heavy atom. The first-order chi connectivity index (χ1) is 13.5. The van der Waals surface area contributed by atoms with Gasteiger partial charge in [-0.25, -0.2) is 4.79 Å². The van der Waals surface area contributed by atoms with Crippen LogP contribution in [0.4, 0.5) is 0 Å². The highest BCUT2D eigenvalue weighted by Gasteiger charge is 2.24. The topological polar surface area (TPSA) is 77.8 Å². The minimum Gasteiger partial charge on any atom is -0.497 e. The first kappa shape index (κ1) is 19.5. The van der Waals surface area contributed by atoms with E-state index in [-0.39, 0.29) is 11.7 Å². The van der Waals surface area contributed by atoms with Gasteiger partial charge in [0.25, 0.3) is 5.91 Å². The van der Waals surface area contributed by atoms with E-state index in [2.05, 4.69) is 5.32 Å². The molecule has 0 saturated carbocycles. The van der Waals surface area contributed by atoms with Crippen LogP contribution in [0.15, 0.2) is 52.9 Å². The molecule has 0 bridgehead atoms. The number of hydrogen-bond donors (Lipinski definition) is 1. The molecule has 0 unspecified atom stereocenters. The number of benzene rings is 2. The van der Waals surface area contributed by atoms with Gasteiger partial charge in [-0.2, -0.15) is 0 Å². The normalized spacial score (nSPS) is 11.8. The van der Waals surface area contributed by atoms with E-state index in [4.69, 9.17) is 13.9 Å². The van der Waals surface area contributed by atoms with Crippen molar-refractivity contribution in [1.29, 1.82) is 0 Å². The van der Waals surface area contributed by atoms with Crippen LogP contribution >= 0.6 is 0 Å². The average Bonchev–Trinajstić information content (AvgIpc) is 3.04. The molecule has 0 spiro atoms. The molecule has 6 nitrogen and oxygen atoms in total. The summed E-state index contributed by atoms with van der Waals surface area (Å²) >= 11 is 0. The van der Waals surface area contributed by atoms with Crippen molar-refractivity contribution in [2.75, 3.05) is 13.7 Å². The fourth-order valence-corrected chi connectivity index (χ4v) is 2.91. The van der Waals surface area contributed by atoms with Crippen molar-refractivity contribution in [2.24, 2.45) is 0 Å². The van der Waals surface area contributed by atoms with Crippen LogP contribution in [-0.4, -0.2) is 31.6 Å². The van der Waals surface area contributed by atoms with Crippen molar-refractivity contribution in [3.8, 4) is 5.75 Å². The molecule has 1 amide bonds.